The van der Waals surface area contributed by atoms with Crippen molar-refractivity contribution in [3.05, 3.63) is 33.8 Å². The second-order valence-corrected chi connectivity index (χ2v) is 6.56. The van der Waals surface area contributed by atoms with Crippen molar-refractivity contribution in [1.82, 2.24) is 5.32 Å². The number of hydrogen-bond donors (Lipinski definition) is 1. The quantitative estimate of drug-likeness (QED) is 0.845. The molecular weight excluding hydrogens is 265 g/mol. The Bertz CT molecular complexity index is 419. The predicted octanol–water partition coefficient (Wildman–Crippen LogP) is 4.70. The van der Waals surface area contributed by atoms with Gasteiger partial charge in [-0.1, -0.05) is 37.0 Å². The molecule has 0 bridgehead atoms. The molecule has 1 aliphatic rings. The molecule has 2 rings (SSSR count). The lowest BCUT2D eigenvalue weighted by atomic mass is 9.82. The second kappa shape index (κ2) is 5.81. The standard InChI is InChI=1S/C15H21Cl2N/c1-3-18-13-6-7-15(2,10-13)9-11-8-12(16)4-5-14(11)17/h4-5,8,13,18H,3,6-7,9-10H2,1-2H3. The highest BCUT2D eigenvalue weighted by Gasteiger charge is 2.35. The molecule has 2 unspecified atom stereocenters. The van der Waals surface area contributed by atoms with Crippen LogP contribution in [0, 0.1) is 5.41 Å². The first-order valence-corrected chi connectivity index (χ1v) is 7.45. The van der Waals surface area contributed by atoms with Crippen LogP contribution in [0.2, 0.25) is 10.0 Å². The molecule has 0 radical (unpaired) electrons. The summed E-state index contributed by atoms with van der Waals surface area (Å²) in [6, 6.07) is 6.43. The normalized spacial score (nSPS) is 27.7. The lowest BCUT2D eigenvalue weighted by Crippen LogP contribution is -2.28. The van der Waals surface area contributed by atoms with Crippen molar-refractivity contribution in [3.63, 3.8) is 0 Å². The summed E-state index contributed by atoms with van der Waals surface area (Å²) in [5.41, 5.74) is 1.53. The van der Waals surface area contributed by atoms with Gasteiger partial charge in [-0.05, 0) is 61.4 Å². The van der Waals surface area contributed by atoms with Gasteiger partial charge in [0.05, 0.1) is 0 Å². The summed E-state index contributed by atoms with van der Waals surface area (Å²) in [7, 11) is 0. The molecular formula is C15H21Cl2N. The summed E-state index contributed by atoms with van der Waals surface area (Å²) in [5, 5.41) is 5.17. The maximum absolute atomic E-state index is 6.26. The third-order valence-electron chi connectivity index (χ3n) is 3.95. The Morgan fingerprint density at radius 1 is 1.39 bits per heavy atom. The molecule has 2 atom stereocenters. The van der Waals surface area contributed by atoms with Crippen LogP contribution in [-0.2, 0) is 6.42 Å². The van der Waals surface area contributed by atoms with Gasteiger partial charge < -0.3 is 5.32 Å². The van der Waals surface area contributed by atoms with Crippen LogP contribution in [0.4, 0.5) is 0 Å². The average molecular weight is 286 g/mol. The Hall–Kier alpha value is -0.240. The number of hydrogen-bond acceptors (Lipinski definition) is 1. The molecule has 1 N–H and O–H groups in total. The number of halogens is 2. The fourth-order valence-electron chi connectivity index (χ4n) is 3.08. The van der Waals surface area contributed by atoms with E-state index >= 15 is 0 Å². The fourth-order valence-corrected chi connectivity index (χ4v) is 3.46. The lowest BCUT2D eigenvalue weighted by molar-refractivity contribution is 0.322. The van der Waals surface area contributed by atoms with E-state index in [0.29, 0.717) is 11.5 Å². The largest absolute Gasteiger partial charge is 0.314 e. The number of rotatable bonds is 4. The zero-order chi connectivity index (χ0) is 13.2. The maximum atomic E-state index is 6.26. The van der Waals surface area contributed by atoms with Crippen molar-refractivity contribution in [2.45, 2.75) is 45.6 Å². The molecule has 0 heterocycles. The first-order chi connectivity index (χ1) is 8.52. The van der Waals surface area contributed by atoms with Crippen molar-refractivity contribution >= 4 is 23.2 Å². The molecule has 1 nitrogen and oxygen atoms in total. The van der Waals surface area contributed by atoms with E-state index in [4.69, 9.17) is 23.2 Å². The van der Waals surface area contributed by atoms with E-state index in [9.17, 15) is 0 Å². The van der Waals surface area contributed by atoms with Gasteiger partial charge in [0.25, 0.3) is 0 Å². The molecule has 0 amide bonds. The zero-order valence-electron chi connectivity index (χ0n) is 11.1. The molecule has 1 saturated carbocycles. The molecule has 1 aliphatic carbocycles. The topological polar surface area (TPSA) is 12.0 Å². The fraction of sp³-hybridized carbons (Fsp3) is 0.600. The van der Waals surface area contributed by atoms with Crippen molar-refractivity contribution in [1.29, 1.82) is 0 Å². The molecule has 0 aliphatic heterocycles. The van der Waals surface area contributed by atoms with Gasteiger partial charge in [0.15, 0.2) is 0 Å². The number of benzene rings is 1. The van der Waals surface area contributed by atoms with Gasteiger partial charge in [0, 0.05) is 16.1 Å². The van der Waals surface area contributed by atoms with Crippen LogP contribution in [0.3, 0.4) is 0 Å². The van der Waals surface area contributed by atoms with Crippen LogP contribution in [0.5, 0.6) is 0 Å². The minimum absolute atomic E-state index is 0.348. The molecule has 1 aromatic carbocycles. The minimum Gasteiger partial charge on any atom is -0.314 e. The van der Waals surface area contributed by atoms with E-state index in [-0.39, 0.29) is 0 Å². The van der Waals surface area contributed by atoms with E-state index in [2.05, 4.69) is 19.2 Å². The Balaban J connectivity index is 2.07. The predicted molar refractivity (Wildman–Crippen MR) is 79.6 cm³/mol. The van der Waals surface area contributed by atoms with Crippen LogP contribution in [0.15, 0.2) is 18.2 Å². The van der Waals surface area contributed by atoms with Gasteiger partial charge in [-0.25, -0.2) is 0 Å². The Morgan fingerprint density at radius 2 is 2.17 bits per heavy atom. The monoisotopic (exact) mass is 285 g/mol. The van der Waals surface area contributed by atoms with Crippen molar-refractivity contribution in [3.8, 4) is 0 Å². The Labute approximate surface area is 120 Å². The summed E-state index contributed by atoms with van der Waals surface area (Å²) in [5.74, 6) is 0. The van der Waals surface area contributed by atoms with Gasteiger partial charge in [-0.2, -0.15) is 0 Å². The van der Waals surface area contributed by atoms with Crippen LogP contribution in [0.25, 0.3) is 0 Å². The van der Waals surface area contributed by atoms with Gasteiger partial charge >= 0.3 is 0 Å². The smallest absolute Gasteiger partial charge is 0.0439 e. The van der Waals surface area contributed by atoms with Gasteiger partial charge in [-0.3, -0.25) is 0 Å². The van der Waals surface area contributed by atoms with E-state index in [0.717, 1.165) is 23.0 Å². The first kappa shape index (κ1) is 14.2. The molecule has 0 saturated heterocycles. The summed E-state index contributed by atoms with van der Waals surface area (Å²) in [4.78, 5) is 0. The molecule has 100 valence electrons. The average Bonchev–Trinajstić information content (AvgIpc) is 2.66. The number of nitrogens with one attached hydrogen (secondary N) is 1. The molecule has 1 fully saturated rings. The summed E-state index contributed by atoms with van der Waals surface area (Å²) in [6.07, 6.45) is 4.77. The summed E-state index contributed by atoms with van der Waals surface area (Å²) >= 11 is 12.3. The van der Waals surface area contributed by atoms with Crippen LogP contribution >= 0.6 is 23.2 Å². The molecule has 1 aromatic rings. The van der Waals surface area contributed by atoms with Crippen LogP contribution in [0.1, 0.15) is 38.7 Å². The summed E-state index contributed by atoms with van der Waals surface area (Å²) in [6.45, 7) is 5.59. The molecule has 18 heavy (non-hydrogen) atoms. The third-order valence-corrected chi connectivity index (χ3v) is 4.56. The Kier molecular flexibility index (Phi) is 4.58. The van der Waals surface area contributed by atoms with E-state index in [1.807, 2.05) is 18.2 Å². The van der Waals surface area contributed by atoms with Gasteiger partial charge in [-0.15, -0.1) is 0 Å². The maximum Gasteiger partial charge on any atom is 0.0439 e. The molecule has 0 spiro atoms. The zero-order valence-corrected chi connectivity index (χ0v) is 12.6. The molecule has 0 aromatic heterocycles. The van der Waals surface area contributed by atoms with E-state index in [1.165, 1.54) is 24.8 Å². The van der Waals surface area contributed by atoms with E-state index < -0.39 is 0 Å². The lowest BCUT2D eigenvalue weighted by Gasteiger charge is -2.25. The summed E-state index contributed by atoms with van der Waals surface area (Å²) < 4.78 is 0. The Morgan fingerprint density at radius 3 is 2.89 bits per heavy atom. The van der Waals surface area contributed by atoms with Crippen molar-refractivity contribution < 1.29 is 0 Å². The third kappa shape index (κ3) is 3.40. The highest BCUT2D eigenvalue weighted by Crippen LogP contribution is 2.42. The van der Waals surface area contributed by atoms with Crippen LogP contribution in [-0.4, -0.2) is 12.6 Å². The highest BCUT2D eigenvalue weighted by atomic mass is 35.5. The van der Waals surface area contributed by atoms with Gasteiger partial charge in [0.2, 0.25) is 0 Å². The van der Waals surface area contributed by atoms with E-state index in [1.54, 1.807) is 0 Å². The van der Waals surface area contributed by atoms with Crippen LogP contribution < -0.4 is 5.32 Å². The SMILES string of the molecule is CCNC1CCC(C)(Cc2cc(Cl)ccc2Cl)C1. The minimum atomic E-state index is 0.348. The van der Waals surface area contributed by atoms with Crippen molar-refractivity contribution in [2.24, 2.45) is 5.41 Å². The highest BCUT2D eigenvalue weighted by molar-refractivity contribution is 6.33. The second-order valence-electron chi connectivity index (χ2n) is 5.72. The first-order valence-electron chi connectivity index (χ1n) is 6.70. The molecule has 3 heteroatoms. The van der Waals surface area contributed by atoms with Crippen molar-refractivity contribution in [2.75, 3.05) is 6.54 Å². The van der Waals surface area contributed by atoms with Gasteiger partial charge in [0.1, 0.15) is 0 Å².